The Hall–Kier alpha value is -2.51. The van der Waals surface area contributed by atoms with E-state index in [0.717, 1.165) is 32.6 Å². The molecule has 0 aromatic heterocycles. The van der Waals surface area contributed by atoms with Gasteiger partial charge in [-0.25, -0.2) is 13.6 Å². The summed E-state index contributed by atoms with van der Waals surface area (Å²) in [6.45, 7) is 1.56. The van der Waals surface area contributed by atoms with E-state index in [4.69, 9.17) is 4.74 Å². The molecule has 1 aromatic rings. The minimum Gasteiger partial charge on any atom is -0.506 e. The van der Waals surface area contributed by atoms with Crippen molar-refractivity contribution in [1.29, 1.82) is 0 Å². The molecule has 5 nitrogen and oxygen atoms in total. The molecule has 2 rings (SSSR count). The van der Waals surface area contributed by atoms with Crippen LogP contribution in [0.3, 0.4) is 0 Å². The van der Waals surface area contributed by atoms with Crippen molar-refractivity contribution in [2.75, 3.05) is 13.7 Å². The molecule has 0 bridgehead atoms. The summed E-state index contributed by atoms with van der Waals surface area (Å²) in [6, 6.07) is 0.445. The van der Waals surface area contributed by atoms with Crippen LogP contribution in [-0.4, -0.2) is 37.0 Å². The van der Waals surface area contributed by atoms with Crippen molar-refractivity contribution in [2.24, 2.45) is 4.99 Å². The Bertz CT molecular complexity index is 727. The van der Waals surface area contributed by atoms with Crippen molar-refractivity contribution < 1.29 is 32.5 Å². The van der Waals surface area contributed by atoms with E-state index in [1.54, 1.807) is 6.92 Å². The van der Waals surface area contributed by atoms with Gasteiger partial charge in [-0.3, -0.25) is 4.99 Å². The molecule has 1 saturated carbocycles. The standard InChI is InChI=1S/C17H18F3NO4/c1-3-25-17(23)11(8-21-9-5-4-6-9)15(22)10-7-12(18)14(20)16(24-2)13(10)19/h7-9,22H,3-6H2,1-2H3. The largest absolute Gasteiger partial charge is 0.506 e. The third kappa shape index (κ3) is 3.94. The summed E-state index contributed by atoms with van der Waals surface area (Å²) in [5.74, 6) is -7.16. The second-order valence-electron chi connectivity index (χ2n) is 5.41. The van der Waals surface area contributed by atoms with E-state index in [2.05, 4.69) is 9.73 Å². The van der Waals surface area contributed by atoms with Crippen LogP contribution in [0.2, 0.25) is 0 Å². The minimum absolute atomic E-state index is 0.00145. The van der Waals surface area contributed by atoms with Crippen LogP contribution in [0, 0.1) is 17.5 Å². The normalized spacial score (nSPS) is 15.7. The second-order valence-corrected chi connectivity index (χ2v) is 5.41. The number of ether oxygens (including phenoxy) is 2. The summed E-state index contributed by atoms with van der Waals surface area (Å²) in [6.07, 6.45) is 3.74. The Labute approximate surface area is 142 Å². The number of aliphatic hydroxyl groups is 1. The van der Waals surface area contributed by atoms with Crippen LogP contribution in [0.4, 0.5) is 13.2 Å². The number of benzene rings is 1. The maximum absolute atomic E-state index is 14.3. The number of esters is 1. The first-order valence-electron chi connectivity index (χ1n) is 7.76. The summed E-state index contributed by atoms with van der Waals surface area (Å²) < 4.78 is 50.8. The lowest BCUT2D eigenvalue weighted by Crippen LogP contribution is -2.17. The summed E-state index contributed by atoms with van der Waals surface area (Å²) >= 11 is 0. The zero-order valence-electron chi connectivity index (χ0n) is 13.8. The van der Waals surface area contributed by atoms with Crippen molar-refractivity contribution in [3.8, 4) is 5.75 Å². The van der Waals surface area contributed by atoms with Gasteiger partial charge in [0.2, 0.25) is 5.82 Å². The molecule has 25 heavy (non-hydrogen) atoms. The summed E-state index contributed by atoms with van der Waals surface area (Å²) in [4.78, 5) is 16.2. The number of rotatable bonds is 6. The van der Waals surface area contributed by atoms with Gasteiger partial charge < -0.3 is 14.6 Å². The highest BCUT2D eigenvalue weighted by Crippen LogP contribution is 2.31. The van der Waals surface area contributed by atoms with Gasteiger partial charge in [-0.15, -0.1) is 0 Å². The third-order valence-electron chi connectivity index (χ3n) is 3.81. The van der Waals surface area contributed by atoms with E-state index in [9.17, 15) is 23.1 Å². The molecule has 0 amide bonds. The van der Waals surface area contributed by atoms with E-state index < -0.39 is 46.1 Å². The van der Waals surface area contributed by atoms with Gasteiger partial charge in [-0.2, -0.15) is 4.39 Å². The molecule has 1 N–H and O–H groups in total. The van der Waals surface area contributed by atoms with Crippen LogP contribution in [0.1, 0.15) is 31.7 Å². The molecule has 0 radical (unpaired) electrons. The number of aliphatic imine (C=N–C) groups is 1. The van der Waals surface area contributed by atoms with E-state index in [-0.39, 0.29) is 12.6 Å². The fourth-order valence-corrected chi connectivity index (χ4v) is 2.21. The lowest BCUT2D eigenvalue weighted by Gasteiger charge is -2.20. The molecular weight excluding hydrogens is 339 g/mol. The average molecular weight is 357 g/mol. The highest BCUT2D eigenvalue weighted by molar-refractivity contribution is 6.15. The molecule has 0 heterocycles. The smallest absolute Gasteiger partial charge is 0.343 e. The molecule has 0 spiro atoms. The minimum atomic E-state index is -1.53. The van der Waals surface area contributed by atoms with Gasteiger partial charge >= 0.3 is 5.97 Å². The van der Waals surface area contributed by atoms with Crippen LogP contribution in [0.5, 0.6) is 5.75 Å². The van der Waals surface area contributed by atoms with Crippen molar-refractivity contribution in [2.45, 2.75) is 32.2 Å². The lowest BCUT2D eigenvalue weighted by molar-refractivity contribution is -0.137. The zero-order valence-corrected chi connectivity index (χ0v) is 13.8. The molecule has 0 unspecified atom stereocenters. The van der Waals surface area contributed by atoms with E-state index >= 15 is 0 Å². The average Bonchev–Trinajstić information content (AvgIpc) is 2.53. The van der Waals surface area contributed by atoms with Crippen molar-refractivity contribution in [3.63, 3.8) is 0 Å². The fraction of sp³-hybridized carbons (Fsp3) is 0.412. The fourth-order valence-electron chi connectivity index (χ4n) is 2.21. The number of hydrogen-bond acceptors (Lipinski definition) is 5. The highest BCUT2D eigenvalue weighted by Gasteiger charge is 2.26. The topological polar surface area (TPSA) is 68.1 Å². The highest BCUT2D eigenvalue weighted by atomic mass is 19.2. The van der Waals surface area contributed by atoms with Gasteiger partial charge in [-0.05, 0) is 32.3 Å². The monoisotopic (exact) mass is 357 g/mol. The van der Waals surface area contributed by atoms with Gasteiger partial charge in [0.05, 0.1) is 19.3 Å². The van der Waals surface area contributed by atoms with Gasteiger partial charge in [0.1, 0.15) is 11.3 Å². The molecule has 0 aliphatic heterocycles. The maximum Gasteiger partial charge on any atom is 0.343 e. The molecule has 1 fully saturated rings. The Morgan fingerprint density at radius 1 is 1.36 bits per heavy atom. The quantitative estimate of drug-likeness (QED) is 0.278. The van der Waals surface area contributed by atoms with Crippen LogP contribution in [0.25, 0.3) is 5.76 Å². The van der Waals surface area contributed by atoms with Crippen molar-refractivity contribution in [1.82, 2.24) is 0 Å². The van der Waals surface area contributed by atoms with E-state index in [1.165, 1.54) is 0 Å². The molecule has 0 saturated heterocycles. The van der Waals surface area contributed by atoms with Crippen molar-refractivity contribution >= 4 is 17.9 Å². The van der Waals surface area contributed by atoms with Gasteiger partial charge in [0, 0.05) is 12.3 Å². The zero-order chi connectivity index (χ0) is 18.6. The molecule has 1 aliphatic carbocycles. The van der Waals surface area contributed by atoms with E-state index in [1.807, 2.05) is 0 Å². The summed E-state index contributed by atoms with van der Waals surface area (Å²) in [5, 5.41) is 10.3. The number of carbonyl (C=O) groups is 1. The van der Waals surface area contributed by atoms with Crippen LogP contribution < -0.4 is 4.74 Å². The predicted molar refractivity (Wildman–Crippen MR) is 85.2 cm³/mol. The first kappa shape index (κ1) is 18.8. The number of aliphatic hydroxyl groups excluding tert-OH is 1. The lowest BCUT2D eigenvalue weighted by atomic mass is 9.94. The molecular formula is C17H18F3NO4. The van der Waals surface area contributed by atoms with Crippen LogP contribution >= 0.6 is 0 Å². The van der Waals surface area contributed by atoms with Gasteiger partial charge in [0.25, 0.3) is 0 Å². The number of nitrogens with zero attached hydrogens (tertiary/aromatic N) is 1. The summed E-state index contributed by atoms with van der Waals surface area (Å²) in [7, 11) is 0.954. The summed E-state index contributed by atoms with van der Waals surface area (Å²) in [5.41, 5.74) is -1.17. The molecule has 1 aliphatic rings. The molecule has 1 aromatic carbocycles. The Balaban J connectivity index is 2.55. The molecule has 8 heteroatoms. The Morgan fingerprint density at radius 2 is 2.04 bits per heavy atom. The van der Waals surface area contributed by atoms with Crippen molar-refractivity contribution in [3.05, 3.63) is 34.7 Å². The molecule has 136 valence electrons. The number of halogens is 3. The Morgan fingerprint density at radius 3 is 2.56 bits per heavy atom. The third-order valence-corrected chi connectivity index (χ3v) is 3.81. The van der Waals surface area contributed by atoms with Gasteiger partial charge in [-0.1, -0.05) is 0 Å². The van der Waals surface area contributed by atoms with Gasteiger partial charge in [0.15, 0.2) is 17.4 Å². The molecule has 0 atom stereocenters. The van der Waals surface area contributed by atoms with E-state index in [0.29, 0.717) is 6.07 Å². The predicted octanol–water partition coefficient (Wildman–Crippen LogP) is 3.57. The van der Waals surface area contributed by atoms with Crippen LogP contribution in [0.15, 0.2) is 16.6 Å². The van der Waals surface area contributed by atoms with Crippen LogP contribution in [-0.2, 0) is 9.53 Å². The maximum atomic E-state index is 14.3. The Kier molecular flexibility index (Phi) is 6.06. The first-order chi connectivity index (χ1) is 11.9. The number of carbonyl (C=O) groups excluding carboxylic acids is 1. The SMILES string of the molecule is CCOC(=O)C(C=NC1CCC1)=C(O)c1cc(F)c(F)c(OC)c1F. The number of methoxy groups -OCH3 is 1. The second kappa shape index (κ2) is 8.04. The number of hydrogen-bond donors (Lipinski definition) is 1. The first-order valence-corrected chi connectivity index (χ1v) is 7.76.